The second-order valence-corrected chi connectivity index (χ2v) is 5.06. The number of anilines is 2. The first-order chi connectivity index (χ1) is 8.34. The summed E-state index contributed by atoms with van der Waals surface area (Å²) in [5.41, 5.74) is 2.29. The van der Waals surface area contributed by atoms with Crippen molar-refractivity contribution in [2.75, 3.05) is 36.0 Å². The van der Waals surface area contributed by atoms with Gasteiger partial charge in [-0.15, -0.1) is 0 Å². The van der Waals surface area contributed by atoms with Gasteiger partial charge in [0, 0.05) is 31.9 Å². The third kappa shape index (κ3) is 2.06. The summed E-state index contributed by atoms with van der Waals surface area (Å²) in [7, 11) is 0. The van der Waals surface area contributed by atoms with Crippen molar-refractivity contribution in [3.05, 3.63) is 18.2 Å². The largest absolute Gasteiger partial charge is 0.506 e. The topological polar surface area (TPSA) is 26.7 Å². The molecule has 2 fully saturated rings. The van der Waals surface area contributed by atoms with Gasteiger partial charge in [-0.3, -0.25) is 0 Å². The van der Waals surface area contributed by atoms with Crippen LogP contribution in [0, 0.1) is 0 Å². The molecule has 1 aromatic rings. The normalized spacial score (nSPS) is 20.2. The zero-order valence-corrected chi connectivity index (χ0v) is 10.2. The molecular formula is C14H20N2O. The van der Waals surface area contributed by atoms with E-state index in [1.54, 1.807) is 0 Å². The fraction of sp³-hybridized carbons (Fsp3) is 0.571. The smallest absolute Gasteiger partial charge is 0.139 e. The average Bonchev–Trinajstić information content (AvgIpc) is 3.03. The van der Waals surface area contributed by atoms with Gasteiger partial charge >= 0.3 is 0 Å². The van der Waals surface area contributed by atoms with E-state index in [0.29, 0.717) is 5.75 Å². The van der Waals surface area contributed by atoms with Crippen LogP contribution in [0.15, 0.2) is 18.2 Å². The van der Waals surface area contributed by atoms with Crippen molar-refractivity contribution in [1.29, 1.82) is 0 Å². The molecule has 0 radical (unpaired) electrons. The molecule has 0 aromatic heterocycles. The van der Waals surface area contributed by atoms with Crippen molar-refractivity contribution in [1.82, 2.24) is 0 Å². The molecule has 3 nitrogen and oxygen atoms in total. The molecule has 2 aliphatic heterocycles. The number of hydrogen-bond acceptors (Lipinski definition) is 3. The van der Waals surface area contributed by atoms with E-state index in [9.17, 15) is 5.11 Å². The van der Waals surface area contributed by atoms with Gasteiger partial charge in [0.2, 0.25) is 0 Å². The highest BCUT2D eigenvalue weighted by Crippen LogP contribution is 2.34. The SMILES string of the molecule is Oc1ccc(N2CCCC2)cc1N1CCCC1. The third-order valence-corrected chi connectivity index (χ3v) is 3.88. The molecule has 2 aliphatic rings. The Hall–Kier alpha value is -1.38. The summed E-state index contributed by atoms with van der Waals surface area (Å²) in [5.74, 6) is 0.426. The number of aromatic hydroxyl groups is 1. The molecule has 0 saturated carbocycles. The monoisotopic (exact) mass is 232 g/mol. The lowest BCUT2D eigenvalue weighted by Crippen LogP contribution is -2.20. The van der Waals surface area contributed by atoms with Crippen molar-refractivity contribution in [2.45, 2.75) is 25.7 Å². The van der Waals surface area contributed by atoms with Gasteiger partial charge in [-0.25, -0.2) is 0 Å². The van der Waals surface area contributed by atoms with Crippen molar-refractivity contribution >= 4 is 11.4 Å². The number of nitrogens with zero attached hydrogens (tertiary/aromatic N) is 2. The first kappa shape index (κ1) is 10.8. The standard InChI is InChI=1S/C14H20N2O/c17-14-6-5-12(15-7-1-2-8-15)11-13(14)16-9-3-4-10-16/h5-6,11,17H,1-4,7-10H2. The molecule has 1 N–H and O–H groups in total. The fourth-order valence-corrected chi connectivity index (χ4v) is 2.90. The molecule has 2 saturated heterocycles. The minimum absolute atomic E-state index is 0.426. The molecule has 0 bridgehead atoms. The van der Waals surface area contributed by atoms with Gasteiger partial charge in [0.1, 0.15) is 5.75 Å². The summed E-state index contributed by atoms with van der Waals surface area (Å²) in [6.45, 7) is 4.47. The lowest BCUT2D eigenvalue weighted by atomic mass is 10.2. The van der Waals surface area contributed by atoms with Crippen molar-refractivity contribution in [2.24, 2.45) is 0 Å². The van der Waals surface area contributed by atoms with E-state index in [-0.39, 0.29) is 0 Å². The van der Waals surface area contributed by atoms with E-state index < -0.39 is 0 Å². The van der Waals surface area contributed by atoms with Crippen molar-refractivity contribution in [3.8, 4) is 5.75 Å². The average molecular weight is 232 g/mol. The Balaban J connectivity index is 1.88. The maximum Gasteiger partial charge on any atom is 0.139 e. The molecule has 3 heteroatoms. The summed E-state index contributed by atoms with van der Waals surface area (Å²) in [5, 5.41) is 9.98. The number of phenolic OH excluding ortho intramolecular Hbond substituents is 1. The van der Waals surface area contributed by atoms with Gasteiger partial charge in [-0.2, -0.15) is 0 Å². The lowest BCUT2D eigenvalue weighted by Gasteiger charge is -2.23. The first-order valence-electron chi connectivity index (χ1n) is 6.67. The predicted octanol–water partition coefficient (Wildman–Crippen LogP) is 2.59. The molecule has 2 heterocycles. The molecule has 1 aromatic carbocycles. The highest BCUT2D eigenvalue weighted by molar-refractivity contribution is 5.67. The number of benzene rings is 1. The van der Waals surface area contributed by atoms with Crippen LogP contribution >= 0.6 is 0 Å². The van der Waals surface area contributed by atoms with Gasteiger partial charge < -0.3 is 14.9 Å². The molecule has 0 atom stereocenters. The Morgan fingerprint density at radius 2 is 1.41 bits per heavy atom. The Labute approximate surface area is 103 Å². The maximum atomic E-state index is 9.98. The molecule has 17 heavy (non-hydrogen) atoms. The van der Waals surface area contributed by atoms with E-state index in [2.05, 4.69) is 15.9 Å². The Bertz CT molecular complexity index is 393. The molecule has 0 amide bonds. The molecule has 92 valence electrons. The number of rotatable bonds is 2. The van der Waals surface area contributed by atoms with E-state index in [1.165, 1.54) is 31.4 Å². The molecule has 0 unspecified atom stereocenters. The fourth-order valence-electron chi connectivity index (χ4n) is 2.90. The summed E-state index contributed by atoms with van der Waals surface area (Å²) in [6, 6.07) is 6.05. The predicted molar refractivity (Wildman–Crippen MR) is 71.0 cm³/mol. The molecule has 0 aliphatic carbocycles. The minimum atomic E-state index is 0.426. The van der Waals surface area contributed by atoms with Crippen molar-refractivity contribution in [3.63, 3.8) is 0 Å². The number of hydrogen-bond donors (Lipinski definition) is 1. The van der Waals surface area contributed by atoms with Gasteiger partial charge in [0.15, 0.2) is 0 Å². The van der Waals surface area contributed by atoms with Gasteiger partial charge in [0.25, 0.3) is 0 Å². The third-order valence-electron chi connectivity index (χ3n) is 3.88. The highest BCUT2D eigenvalue weighted by atomic mass is 16.3. The van der Waals surface area contributed by atoms with Crippen LogP contribution in [0.2, 0.25) is 0 Å². The maximum absolute atomic E-state index is 9.98. The van der Waals surface area contributed by atoms with Crippen molar-refractivity contribution < 1.29 is 5.11 Å². The highest BCUT2D eigenvalue weighted by Gasteiger charge is 2.18. The second kappa shape index (κ2) is 4.47. The van der Waals surface area contributed by atoms with E-state index in [1.807, 2.05) is 12.1 Å². The Kier molecular flexibility index (Phi) is 2.83. The summed E-state index contributed by atoms with van der Waals surface area (Å²) >= 11 is 0. The van der Waals surface area contributed by atoms with Crippen LogP contribution in [0.3, 0.4) is 0 Å². The van der Waals surface area contributed by atoms with Crippen LogP contribution in [-0.4, -0.2) is 31.3 Å². The van der Waals surface area contributed by atoms with Crippen LogP contribution in [-0.2, 0) is 0 Å². The van der Waals surface area contributed by atoms with E-state index >= 15 is 0 Å². The molecule has 0 spiro atoms. The number of phenols is 1. The van der Waals surface area contributed by atoms with Gasteiger partial charge in [0.05, 0.1) is 5.69 Å². The minimum Gasteiger partial charge on any atom is -0.506 e. The summed E-state index contributed by atoms with van der Waals surface area (Å²) in [6.07, 6.45) is 5.07. The quantitative estimate of drug-likeness (QED) is 0.849. The Morgan fingerprint density at radius 3 is 2.06 bits per heavy atom. The zero-order chi connectivity index (χ0) is 11.7. The van der Waals surface area contributed by atoms with Crippen LogP contribution < -0.4 is 9.80 Å². The Morgan fingerprint density at radius 1 is 0.824 bits per heavy atom. The molecular weight excluding hydrogens is 212 g/mol. The van der Waals surface area contributed by atoms with Gasteiger partial charge in [-0.05, 0) is 43.9 Å². The van der Waals surface area contributed by atoms with Crippen LogP contribution in [0.25, 0.3) is 0 Å². The lowest BCUT2D eigenvalue weighted by molar-refractivity contribution is 0.475. The zero-order valence-electron chi connectivity index (χ0n) is 10.2. The van der Waals surface area contributed by atoms with Crippen LogP contribution in [0.5, 0.6) is 5.75 Å². The van der Waals surface area contributed by atoms with Gasteiger partial charge in [-0.1, -0.05) is 0 Å². The molecule has 3 rings (SSSR count). The van der Waals surface area contributed by atoms with E-state index in [0.717, 1.165) is 31.9 Å². The van der Waals surface area contributed by atoms with E-state index in [4.69, 9.17) is 0 Å². The first-order valence-corrected chi connectivity index (χ1v) is 6.67. The van der Waals surface area contributed by atoms with Crippen LogP contribution in [0.1, 0.15) is 25.7 Å². The summed E-state index contributed by atoms with van der Waals surface area (Å²) < 4.78 is 0. The second-order valence-electron chi connectivity index (χ2n) is 5.06. The summed E-state index contributed by atoms with van der Waals surface area (Å²) in [4.78, 5) is 4.72. The van der Waals surface area contributed by atoms with Crippen LogP contribution in [0.4, 0.5) is 11.4 Å².